The van der Waals surface area contributed by atoms with Crippen LogP contribution < -0.4 is 5.32 Å². The normalized spacial score (nSPS) is 12.7. The van der Waals surface area contributed by atoms with E-state index in [2.05, 4.69) is 48.7 Å². The summed E-state index contributed by atoms with van der Waals surface area (Å²) in [6.45, 7) is 6.57. The fraction of sp³-hybridized carbons (Fsp3) is 0.933. The first kappa shape index (κ1) is 18.2. The third-order valence-electron chi connectivity index (χ3n) is 3.32. The molecule has 0 aromatic heterocycles. The minimum absolute atomic E-state index is 0.235. The maximum Gasteiger partial charge on any atom is 0.220 e. The average molecular weight is 367 g/mol. The highest BCUT2D eigenvalue weighted by atomic mass is 127. The van der Waals surface area contributed by atoms with Gasteiger partial charge in [0.25, 0.3) is 0 Å². The number of hydrogen-bond acceptors (Lipinski definition) is 1. The molecular weight excluding hydrogens is 337 g/mol. The van der Waals surface area contributed by atoms with Crippen molar-refractivity contribution in [2.75, 3.05) is 4.43 Å². The first-order valence-corrected chi connectivity index (χ1v) is 8.99. The van der Waals surface area contributed by atoms with Crippen molar-refractivity contribution in [3.05, 3.63) is 0 Å². The Hall–Kier alpha value is 0.200. The molecule has 0 radical (unpaired) electrons. The Morgan fingerprint density at radius 3 is 2.11 bits per heavy atom. The summed E-state index contributed by atoms with van der Waals surface area (Å²) in [6.07, 6.45) is 9.57. The number of unbranched alkanes of at least 4 members (excludes halogenated alkanes) is 6. The van der Waals surface area contributed by atoms with Crippen LogP contribution in [0.1, 0.15) is 72.1 Å². The molecule has 0 aromatic carbocycles. The van der Waals surface area contributed by atoms with E-state index in [1.54, 1.807) is 0 Å². The highest BCUT2D eigenvalue weighted by Gasteiger charge is 2.13. The zero-order valence-corrected chi connectivity index (χ0v) is 14.5. The topological polar surface area (TPSA) is 29.1 Å². The van der Waals surface area contributed by atoms with Crippen LogP contribution in [0.5, 0.6) is 0 Å². The maximum atomic E-state index is 11.7. The van der Waals surface area contributed by atoms with Gasteiger partial charge in [-0.3, -0.25) is 4.79 Å². The van der Waals surface area contributed by atoms with E-state index in [4.69, 9.17) is 0 Å². The summed E-state index contributed by atoms with van der Waals surface area (Å²) < 4.78 is 0.998. The van der Waals surface area contributed by atoms with Crippen molar-refractivity contribution in [3.8, 4) is 0 Å². The molecule has 0 aliphatic heterocycles. The summed E-state index contributed by atoms with van der Waals surface area (Å²) in [5.74, 6) is 0.763. The third-order valence-corrected chi connectivity index (χ3v) is 4.27. The van der Waals surface area contributed by atoms with Gasteiger partial charge in [-0.05, 0) is 12.3 Å². The highest BCUT2D eigenvalue weighted by Crippen LogP contribution is 2.09. The minimum Gasteiger partial charge on any atom is -0.352 e. The van der Waals surface area contributed by atoms with Gasteiger partial charge in [-0.15, -0.1) is 0 Å². The predicted octanol–water partition coefficient (Wildman–Crippen LogP) is 4.70. The van der Waals surface area contributed by atoms with Crippen molar-refractivity contribution in [2.24, 2.45) is 5.92 Å². The molecule has 0 bridgehead atoms. The van der Waals surface area contributed by atoms with Crippen LogP contribution in [-0.2, 0) is 4.79 Å². The molecule has 18 heavy (non-hydrogen) atoms. The number of carbonyl (C=O) groups is 1. The van der Waals surface area contributed by atoms with Gasteiger partial charge in [-0.25, -0.2) is 0 Å². The molecule has 2 nitrogen and oxygen atoms in total. The Labute approximate surface area is 127 Å². The maximum absolute atomic E-state index is 11.7. The summed E-state index contributed by atoms with van der Waals surface area (Å²) >= 11 is 2.35. The van der Waals surface area contributed by atoms with Gasteiger partial charge < -0.3 is 5.32 Å². The van der Waals surface area contributed by atoms with E-state index in [1.165, 1.54) is 38.5 Å². The van der Waals surface area contributed by atoms with Crippen molar-refractivity contribution < 1.29 is 4.79 Å². The lowest BCUT2D eigenvalue weighted by molar-refractivity contribution is -0.122. The molecule has 3 heteroatoms. The van der Waals surface area contributed by atoms with E-state index >= 15 is 0 Å². The van der Waals surface area contributed by atoms with Gasteiger partial charge in [0.15, 0.2) is 0 Å². The summed E-state index contributed by atoms with van der Waals surface area (Å²) in [7, 11) is 0. The first-order valence-electron chi connectivity index (χ1n) is 7.47. The zero-order valence-electron chi connectivity index (χ0n) is 12.3. The molecule has 0 heterocycles. The van der Waals surface area contributed by atoms with Crippen molar-refractivity contribution in [3.63, 3.8) is 0 Å². The molecule has 1 amide bonds. The third kappa shape index (κ3) is 10.2. The molecule has 0 spiro atoms. The van der Waals surface area contributed by atoms with Crippen LogP contribution >= 0.6 is 22.6 Å². The number of hydrogen-bond donors (Lipinski definition) is 1. The summed E-state index contributed by atoms with van der Waals surface area (Å²) in [5, 5.41) is 3.13. The monoisotopic (exact) mass is 367 g/mol. The molecule has 0 rings (SSSR count). The van der Waals surface area contributed by atoms with Crippen LogP contribution in [0.4, 0.5) is 0 Å². The number of halogens is 1. The molecule has 0 saturated carbocycles. The van der Waals surface area contributed by atoms with E-state index in [1.807, 2.05) is 0 Å². The van der Waals surface area contributed by atoms with Crippen LogP contribution in [-0.4, -0.2) is 16.4 Å². The number of nitrogens with one attached hydrogen (secondary N) is 1. The van der Waals surface area contributed by atoms with Crippen molar-refractivity contribution in [2.45, 2.75) is 78.2 Å². The number of carbonyl (C=O) groups excluding carboxylic acids is 1. The summed E-state index contributed by atoms with van der Waals surface area (Å²) in [5.41, 5.74) is 0. The smallest absolute Gasteiger partial charge is 0.220 e. The Morgan fingerprint density at radius 2 is 1.61 bits per heavy atom. The van der Waals surface area contributed by atoms with Gasteiger partial charge in [0.1, 0.15) is 0 Å². The van der Waals surface area contributed by atoms with E-state index in [-0.39, 0.29) is 5.91 Å². The van der Waals surface area contributed by atoms with Gasteiger partial charge in [0.05, 0.1) is 0 Å². The molecule has 1 atom stereocenters. The van der Waals surface area contributed by atoms with E-state index in [9.17, 15) is 4.79 Å². The largest absolute Gasteiger partial charge is 0.352 e. The molecule has 0 aromatic rings. The van der Waals surface area contributed by atoms with Crippen molar-refractivity contribution >= 4 is 28.5 Å². The van der Waals surface area contributed by atoms with Crippen LogP contribution in [0.15, 0.2) is 0 Å². The summed E-state index contributed by atoms with van der Waals surface area (Å²) in [6, 6.07) is 0.336. The molecule has 0 fully saturated rings. The Bertz CT molecular complexity index is 207. The second-order valence-corrected chi connectivity index (χ2v) is 6.32. The van der Waals surface area contributed by atoms with Crippen LogP contribution in [0, 0.1) is 5.92 Å². The lowest BCUT2D eigenvalue weighted by Gasteiger charge is -2.19. The lowest BCUT2D eigenvalue weighted by atomic mass is 10.1. The number of rotatable bonds is 11. The second kappa shape index (κ2) is 12.2. The Kier molecular flexibility index (Phi) is 12.4. The molecule has 1 unspecified atom stereocenters. The van der Waals surface area contributed by atoms with Crippen LogP contribution in [0.2, 0.25) is 0 Å². The van der Waals surface area contributed by atoms with E-state index in [0.29, 0.717) is 18.4 Å². The zero-order chi connectivity index (χ0) is 13.8. The van der Waals surface area contributed by atoms with Gasteiger partial charge in [0.2, 0.25) is 5.91 Å². The molecule has 0 saturated heterocycles. The highest BCUT2D eigenvalue weighted by molar-refractivity contribution is 14.1. The quantitative estimate of drug-likeness (QED) is 0.320. The number of alkyl halides is 1. The number of amides is 1. The fourth-order valence-electron chi connectivity index (χ4n) is 1.91. The minimum atomic E-state index is 0.235. The lowest BCUT2D eigenvalue weighted by Crippen LogP contribution is -2.39. The van der Waals surface area contributed by atoms with Crippen LogP contribution in [0.25, 0.3) is 0 Å². The predicted molar refractivity (Wildman–Crippen MR) is 88.3 cm³/mol. The van der Waals surface area contributed by atoms with Gasteiger partial charge in [0, 0.05) is 16.9 Å². The van der Waals surface area contributed by atoms with E-state index < -0.39 is 0 Å². The first-order chi connectivity index (χ1) is 8.61. The molecule has 1 N–H and O–H groups in total. The van der Waals surface area contributed by atoms with Gasteiger partial charge in [-0.1, -0.05) is 81.9 Å². The Balaban J connectivity index is 3.47. The Morgan fingerprint density at radius 1 is 1.06 bits per heavy atom. The fourth-order valence-corrected chi connectivity index (χ4v) is 3.14. The summed E-state index contributed by atoms with van der Waals surface area (Å²) in [4.78, 5) is 11.7. The SMILES string of the molecule is CCCCCCCCCC(=O)NC(CI)C(C)C. The van der Waals surface area contributed by atoms with Crippen molar-refractivity contribution in [1.82, 2.24) is 5.32 Å². The molecule has 108 valence electrons. The molecular formula is C15H30INO. The molecule has 0 aliphatic carbocycles. The van der Waals surface area contributed by atoms with Crippen LogP contribution in [0.3, 0.4) is 0 Å². The second-order valence-electron chi connectivity index (χ2n) is 5.44. The van der Waals surface area contributed by atoms with Crippen molar-refractivity contribution in [1.29, 1.82) is 0 Å². The van der Waals surface area contributed by atoms with Gasteiger partial charge in [-0.2, -0.15) is 0 Å². The van der Waals surface area contributed by atoms with E-state index in [0.717, 1.165) is 10.8 Å². The standard InChI is InChI=1S/C15H30INO/c1-4-5-6-7-8-9-10-11-15(18)17-14(12-16)13(2)3/h13-14H,4-12H2,1-3H3,(H,17,18). The molecule has 0 aliphatic rings. The average Bonchev–Trinajstić information content (AvgIpc) is 2.34. The van der Waals surface area contributed by atoms with Gasteiger partial charge >= 0.3 is 0 Å².